The van der Waals surface area contributed by atoms with Gasteiger partial charge in [-0.25, -0.2) is 14.4 Å². The summed E-state index contributed by atoms with van der Waals surface area (Å²) >= 11 is 0. The predicted molar refractivity (Wildman–Crippen MR) is 287 cm³/mol. The summed E-state index contributed by atoms with van der Waals surface area (Å²) in [7, 11) is 0. The van der Waals surface area contributed by atoms with Crippen LogP contribution in [0, 0.1) is 48.3 Å². The van der Waals surface area contributed by atoms with E-state index in [2.05, 4.69) is 135 Å². The van der Waals surface area contributed by atoms with Crippen LogP contribution in [-0.4, -0.2) is 34.9 Å². The van der Waals surface area contributed by atoms with Gasteiger partial charge in [-0.1, -0.05) is 127 Å². The molecule has 376 valence electrons. The summed E-state index contributed by atoms with van der Waals surface area (Å²) in [4.78, 5) is 28.7. The van der Waals surface area contributed by atoms with E-state index in [0.717, 1.165) is 34.2 Å². The Morgan fingerprint density at radius 2 is 0.817 bits per heavy atom. The van der Waals surface area contributed by atoms with Crippen molar-refractivity contribution >= 4 is 0 Å². The first kappa shape index (κ1) is 61.9. The minimum Gasteiger partial charge on any atom is -0.261 e. The van der Waals surface area contributed by atoms with E-state index in [9.17, 15) is 8.78 Å². The van der Waals surface area contributed by atoms with E-state index in [-0.39, 0.29) is 5.82 Å². The fourth-order valence-electron chi connectivity index (χ4n) is 5.55. The molecule has 0 spiro atoms. The lowest BCUT2D eigenvalue weighted by molar-refractivity contribution is 0.571. The van der Waals surface area contributed by atoms with Gasteiger partial charge in [0.25, 0.3) is 0 Å². The molecule has 11 heteroatoms. The summed E-state index contributed by atoms with van der Waals surface area (Å²) < 4.78 is 24.7. The molecule has 0 aliphatic heterocycles. The van der Waals surface area contributed by atoms with Crippen molar-refractivity contribution in [1.82, 2.24) is 34.9 Å². The Bertz CT molecular complexity index is 2480. The molecule has 7 aromatic heterocycles. The Hall–Kier alpha value is -7.11. The minimum absolute atomic E-state index is 0.274. The number of halogens is 2. The Kier molecular flexibility index (Phi) is 29.8. The molecule has 9 nitrogen and oxygen atoms in total. The van der Waals surface area contributed by atoms with E-state index in [4.69, 9.17) is 10.5 Å². The Labute approximate surface area is 425 Å². The molecule has 0 atom stereocenters. The summed E-state index contributed by atoms with van der Waals surface area (Å²) in [6.45, 7) is 33.3. The Morgan fingerprint density at radius 1 is 0.380 bits per heavy atom. The van der Waals surface area contributed by atoms with E-state index in [0.29, 0.717) is 52.7 Å². The van der Waals surface area contributed by atoms with Crippen LogP contribution in [0.5, 0.6) is 0 Å². The van der Waals surface area contributed by atoms with Crippen molar-refractivity contribution in [3.8, 4) is 12.1 Å². The molecule has 7 aromatic rings. The Morgan fingerprint density at radius 3 is 1.17 bits per heavy atom. The maximum atomic E-state index is 12.4. The van der Waals surface area contributed by atoms with Crippen LogP contribution in [0.2, 0.25) is 0 Å². The van der Waals surface area contributed by atoms with Gasteiger partial charge in [-0.2, -0.15) is 14.9 Å². The molecule has 0 bridgehead atoms. The quantitative estimate of drug-likeness (QED) is 0.143. The highest BCUT2D eigenvalue weighted by Crippen LogP contribution is 2.15. The molecule has 0 N–H and O–H groups in total. The van der Waals surface area contributed by atoms with Gasteiger partial charge in [0.05, 0.1) is 11.8 Å². The van der Waals surface area contributed by atoms with Crippen molar-refractivity contribution in [2.45, 2.75) is 152 Å². The van der Waals surface area contributed by atoms with Crippen molar-refractivity contribution in [3.63, 3.8) is 0 Å². The molecule has 7 heterocycles. The summed E-state index contributed by atoms with van der Waals surface area (Å²) in [6.07, 6.45) is 6.59. The summed E-state index contributed by atoms with van der Waals surface area (Å²) in [5.74, 6) is 2.46. The third kappa shape index (κ3) is 27.0. The van der Waals surface area contributed by atoms with Crippen molar-refractivity contribution < 1.29 is 8.78 Å². The third-order valence-corrected chi connectivity index (χ3v) is 9.96. The highest BCUT2D eigenvalue weighted by Gasteiger charge is 2.03. The Balaban J connectivity index is 0.000000414. The third-order valence-electron chi connectivity index (χ3n) is 9.96. The maximum Gasteiger partial charge on any atom is 0.213 e. The van der Waals surface area contributed by atoms with Gasteiger partial charge in [-0.3, -0.25) is 24.9 Å². The van der Waals surface area contributed by atoms with Crippen LogP contribution in [0.1, 0.15) is 201 Å². The number of aromatic nitrogens is 7. The molecular weight excluding hydrogens is 885 g/mol. The van der Waals surface area contributed by atoms with Gasteiger partial charge >= 0.3 is 0 Å². The smallest absolute Gasteiger partial charge is 0.213 e. The molecule has 7 rings (SSSR count). The predicted octanol–water partition coefficient (Wildman–Crippen LogP) is 16.1. The van der Waals surface area contributed by atoms with Crippen molar-refractivity contribution in [2.75, 3.05) is 0 Å². The second-order valence-electron chi connectivity index (χ2n) is 18.7. The minimum atomic E-state index is -0.397. The zero-order valence-corrected chi connectivity index (χ0v) is 45.0. The van der Waals surface area contributed by atoms with Gasteiger partial charge in [-0.05, 0) is 140 Å². The number of hydrogen-bond acceptors (Lipinski definition) is 9. The highest BCUT2D eigenvalue weighted by atomic mass is 19.1. The average Bonchev–Trinajstić information content (AvgIpc) is 3.35. The molecule has 0 aliphatic carbocycles. The molecule has 0 unspecified atom stereocenters. The van der Waals surface area contributed by atoms with Crippen LogP contribution in [0.3, 0.4) is 0 Å². The van der Waals surface area contributed by atoms with Crippen LogP contribution < -0.4 is 0 Å². The molecule has 0 amide bonds. The number of pyridine rings is 7. The molecule has 71 heavy (non-hydrogen) atoms. The van der Waals surface area contributed by atoms with Gasteiger partial charge in [0.1, 0.15) is 23.6 Å². The summed E-state index contributed by atoms with van der Waals surface area (Å²) in [5.41, 5.74) is 10.7. The monoisotopic (exact) mass is 962 g/mol. The average molecular weight is 962 g/mol. The molecule has 0 fully saturated rings. The molecule has 0 saturated heterocycles. The topological polar surface area (TPSA) is 138 Å². The standard InChI is InChI=1S/2C9H10N2.2C9H13N.2C8H10FN.C8H11N/c1-7(2)9-4-3-8(5-10)6-11-9;1-7(2)9-5-3-4-8(6-10)11-9;1-7(2)9-5-4-8(3)6-10-9;1-7(2)9-6-4-5-8(3)10-9;1-6(2)8-4-3-7(9)5-10-8;1-6(2)7-4-3-5-8(9)10-7;1-7(2)8-5-3-4-6-9-8/h3-4,6-7H,1-2H3;3-5,7H,1-2H3;2*4-7H,1-3H3;2*3-6H,1-2H3;3-7H,1-2H3. The van der Waals surface area contributed by atoms with Gasteiger partial charge in [0, 0.05) is 64.1 Å². The molecule has 0 aliphatic rings. The first-order valence-electron chi connectivity index (χ1n) is 24.3. The van der Waals surface area contributed by atoms with Crippen LogP contribution in [0.15, 0.2) is 134 Å². The van der Waals surface area contributed by atoms with Crippen LogP contribution in [0.4, 0.5) is 8.78 Å². The zero-order chi connectivity index (χ0) is 53.5. The number of hydrogen-bond donors (Lipinski definition) is 0. The van der Waals surface area contributed by atoms with Gasteiger partial charge in [0.15, 0.2) is 0 Å². The largest absolute Gasteiger partial charge is 0.261 e. The van der Waals surface area contributed by atoms with Gasteiger partial charge in [0.2, 0.25) is 5.95 Å². The summed E-state index contributed by atoms with van der Waals surface area (Å²) in [5, 5.41) is 17.0. The SMILES string of the molecule is CC(C)c1ccc(C#N)cn1.CC(C)c1ccc(F)cn1.CC(C)c1cccc(C#N)n1.CC(C)c1cccc(F)n1.CC(C)c1ccccn1.Cc1ccc(C(C)C)nc1.Cc1cccc(C(C)C)n1. The van der Waals surface area contributed by atoms with E-state index in [1.807, 2.05) is 108 Å². The first-order valence-corrected chi connectivity index (χ1v) is 24.3. The number of nitrogens with zero attached hydrogens (tertiary/aromatic N) is 9. The van der Waals surface area contributed by atoms with Crippen molar-refractivity contribution in [1.29, 1.82) is 10.5 Å². The number of nitriles is 2. The van der Waals surface area contributed by atoms with E-state index < -0.39 is 5.95 Å². The second kappa shape index (κ2) is 34.2. The molecular formula is C60H77F2N9. The van der Waals surface area contributed by atoms with Crippen molar-refractivity contribution in [3.05, 3.63) is 208 Å². The lowest BCUT2D eigenvalue weighted by Crippen LogP contribution is -1.93. The van der Waals surface area contributed by atoms with Crippen LogP contribution in [0.25, 0.3) is 0 Å². The maximum absolute atomic E-state index is 12.4. The lowest BCUT2D eigenvalue weighted by Gasteiger charge is -2.03. The number of rotatable bonds is 7. The van der Waals surface area contributed by atoms with Gasteiger partial charge < -0.3 is 0 Å². The van der Waals surface area contributed by atoms with E-state index in [1.54, 1.807) is 30.5 Å². The number of aryl methyl sites for hydroxylation is 2. The van der Waals surface area contributed by atoms with Gasteiger partial charge in [-0.15, -0.1) is 0 Å². The second-order valence-corrected chi connectivity index (χ2v) is 18.7. The molecule has 0 aromatic carbocycles. The molecule has 0 saturated carbocycles. The van der Waals surface area contributed by atoms with Crippen LogP contribution in [-0.2, 0) is 0 Å². The van der Waals surface area contributed by atoms with Crippen molar-refractivity contribution in [2.24, 2.45) is 0 Å². The van der Waals surface area contributed by atoms with Crippen LogP contribution >= 0.6 is 0 Å². The first-order chi connectivity index (χ1) is 33.6. The fourth-order valence-corrected chi connectivity index (χ4v) is 5.55. The van der Waals surface area contributed by atoms with E-state index in [1.165, 1.54) is 35.3 Å². The molecule has 0 radical (unpaired) electrons. The normalized spacial score (nSPS) is 10.1. The summed E-state index contributed by atoms with van der Waals surface area (Å²) in [6, 6.07) is 37.6. The fraction of sp³-hybridized carbons (Fsp3) is 0.383. The highest BCUT2D eigenvalue weighted by molar-refractivity contribution is 5.27. The zero-order valence-electron chi connectivity index (χ0n) is 45.0. The lowest BCUT2D eigenvalue weighted by atomic mass is 10.1. The van der Waals surface area contributed by atoms with E-state index >= 15 is 0 Å².